The molecule has 3 rings (SSSR count). The molecule has 2 N–H and O–H groups in total. The summed E-state index contributed by atoms with van der Waals surface area (Å²) < 4.78 is 6.21. The second kappa shape index (κ2) is 6.63. The van der Waals surface area contributed by atoms with E-state index in [4.69, 9.17) is 4.74 Å². The normalized spacial score (nSPS) is 25.4. The number of rotatable bonds is 4. The zero-order chi connectivity index (χ0) is 17.3. The second-order valence-corrected chi connectivity index (χ2v) is 7.46. The SMILES string of the molecule is COc1ccc(Br)cc1CNC(=O)N1C[C@@H]2CCC[C@@]2(C(=O)O)C1. The highest BCUT2D eigenvalue weighted by Crippen LogP contribution is 2.48. The molecule has 2 fully saturated rings. The molecular weight excluding hydrogens is 376 g/mol. The van der Waals surface area contributed by atoms with Crippen LogP contribution < -0.4 is 10.1 Å². The van der Waals surface area contributed by atoms with Gasteiger partial charge in [-0.05, 0) is 37.0 Å². The highest BCUT2D eigenvalue weighted by molar-refractivity contribution is 9.10. The molecule has 0 aromatic heterocycles. The molecule has 1 aromatic carbocycles. The standard InChI is InChI=1S/C17H21BrN2O4/c1-24-14-5-4-13(18)7-11(14)8-19-16(23)20-9-12-3-2-6-17(12,10-20)15(21)22/h4-5,7,12H,2-3,6,8-10H2,1H3,(H,19,23)(H,21,22)/t12-,17+/m0/s1. The van der Waals surface area contributed by atoms with Crippen LogP contribution in [0.15, 0.2) is 22.7 Å². The highest BCUT2D eigenvalue weighted by Gasteiger charge is 2.55. The average Bonchev–Trinajstić information content (AvgIpc) is 3.11. The number of methoxy groups -OCH3 is 1. The van der Waals surface area contributed by atoms with E-state index in [1.165, 1.54) is 0 Å². The lowest BCUT2D eigenvalue weighted by Gasteiger charge is -2.23. The minimum absolute atomic E-state index is 0.0705. The average molecular weight is 397 g/mol. The number of likely N-dealkylation sites (tertiary alicyclic amines) is 1. The fourth-order valence-electron chi connectivity index (χ4n) is 3.96. The van der Waals surface area contributed by atoms with Gasteiger partial charge >= 0.3 is 12.0 Å². The van der Waals surface area contributed by atoms with Gasteiger partial charge in [-0.25, -0.2) is 4.79 Å². The van der Waals surface area contributed by atoms with E-state index in [2.05, 4.69) is 21.2 Å². The first-order chi connectivity index (χ1) is 11.5. The first-order valence-corrected chi connectivity index (χ1v) is 8.84. The number of hydrogen-bond acceptors (Lipinski definition) is 3. The molecule has 0 radical (unpaired) electrons. The van der Waals surface area contributed by atoms with Crippen molar-refractivity contribution in [1.29, 1.82) is 0 Å². The molecule has 6 nitrogen and oxygen atoms in total. The maximum atomic E-state index is 12.5. The van der Waals surface area contributed by atoms with Gasteiger partial charge in [0.25, 0.3) is 0 Å². The summed E-state index contributed by atoms with van der Waals surface area (Å²) in [4.78, 5) is 25.8. The number of carboxylic acids is 1. The fraction of sp³-hybridized carbons (Fsp3) is 0.529. The van der Waals surface area contributed by atoms with Crippen LogP contribution in [0.3, 0.4) is 0 Å². The third-order valence-corrected chi connectivity index (χ3v) is 5.75. The minimum Gasteiger partial charge on any atom is -0.496 e. The number of amides is 2. The van der Waals surface area contributed by atoms with Crippen molar-refractivity contribution in [3.63, 3.8) is 0 Å². The molecule has 2 amide bonds. The zero-order valence-electron chi connectivity index (χ0n) is 13.5. The number of ether oxygens (including phenoxy) is 1. The van der Waals surface area contributed by atoms with Gasteiger partial charge in [-0.15, -0.1) is 0 Å². The molecule has 1 saturated heterocycles. The number of nitrogens with one attached hydrogen (secondary N) is 1. The molecule has 0 spiro atoms. The zero-order valence-corrected chi connectivity index (χ0v) is 15.1. The molecule has 130 valence electrons. The number of urea groups is 1. The number of nitrogens with zero attached hydrogens (tertiary/aromatic N) is 1. The van der Waals surface area contributed by atoms with E-state index in [-0.39, 0.29) is 11.9 Å². The van der Waals surface area contributed by atoms with Crippen LogP contribution >= 0.6 is 15.9 Å². The summed E-state index contributed by atoms with van der Waals surface area (Å²) in [6.07, 6.45) is 2.48. The smallest absolute Gasteiger partial charge is 0.317 e. The maximum absolute atomic E-state index is 12.5. The summed E-state index contributed by atoms with van der Waals surface area (Å²) in [6.45, 7) is 1.16. The van der Waals surface area contributed by atoms with Gasteiger partial charge in [-0.1, -0.05) is 22.4 Å². The maximum Gasteiger partial charge on any atom is 0.317 e. The summed E-state index contributed by atoms with van der Waals surface area (Å²) in [6, 6.07) is 5.40. The largest absolute Gasteiger partial charge is 0.496 e. The predicted octanol–water partition coefficient (Wildman–Crippen LogP) is 2.85. The van der Waals surface area contributed by atoms with Crippen LogP contribution in [-0.2, 0) is 11.3 Å². The topological polar surface area (TPSA) is 78.9 Å². The molecule has 1 aliphatic heterocycles. The summed E-state index contributed by atoms with van der Waals surface area (Å²) in [7, 11) is 1.59. The van der Waals surface area contributed by atoms with Crippen molar-refractivity contribution >= 4 is 27.9 Å². The molecule has 1 saturated carbocycles. The molecule has 1 heterocycles. The number of halogens is 1. The van der Waals surface area contributed by atoms with Crippen LogP contribution in [0.4, 0.5) is 4.79 Å². The van der Waals surface area contributed by atoms with E-state index in [1.54, 1.807) is 12.0 Å². The van der Waals surface area contributed by atoms with Crippen LogP contribution in [0.2, 0.25) is 0 Å². The van der Waals surface area contributed by atoms with E-state index in [9.17, 15) is 14.7 Å². The Labute approximate surface area is 149 Å². The van der Waals surface area contributed by atoms with Gasteiger partial charge in [0.2, 0.25) is 0 Å². The fourth-order valence-corrected chi connectivity index (χ4v) is 4.37. The van der Waals surface area contributed by atoms with Gasteiger partial charge in [0.15, 0.2) is 0 Å². The molecule has 7 heteroatoms. The van der Waals surface area contributed by atoms with E-state index in [0.717, 1.165) is 22.9 Å². The number of hydrogen-bond donors (Lipinski definition) is 2. The lowest BCUT2D eigenvalue weighted by Crippen LogP contribution is -2.41. The molecular formula is C17H21BrN2O4. The molecule has 0 unspecified atom stereocenters. The first kappa shape index (κ1) is 17.1. The monoisotopic (exact) mass is 396 g/mol. The number of carbonyl (C=O) groups is 2. The van der Waals surface area contributed by atoms with Crippen molar-refractivity contribution < 1.29 is 19.4 Å². The molecule has 24 heavy (non-hydrogen) atoms. The predicted molar refractivity (Wildman–Crippen MR) is 91.9 cm³/mol. The molecule has 2 atom stereocenters. The van der Waals surface area contributed by atoms with Gasteiger partial charge in [-0.2, -0.15) is 0 Å². The number of fused-ring (bicyclic) bond motifs is 1. The van der Waals surface area contributed by atoms with Crippen LogP contribution in [0.1, 0.15) is 24.8 Å². The quantitative estimate of drug-likeness (QED) is 0.819. The first-order valence-electron chi connectivity index (χ1n) is 8.05. The third-order valence-electron chi connectivity index (χ3n) is 5.26. The molecule has 1 aromatic rings. The van der Waals surface area contributed by atoms with Gasteiger partial charge in [0, 0.05) is 29.7 Å². The Balaban J connectivity index is 1.65. The summed E-state index contributed by atoms with van der Waals surface area (Å²) in [5, 5.41) is 12.5. The van der Waals surface area contributed by atoms with E-state index < -0.39 is 11.4 Å². The summed E-state index contributed by atoms with van der Waals surface area (Å²) >= 11 is 3.41. The van der Waals surface area contributed by atoms with Crippen molar-refractivity contribution in [2.75, 3.05) is 20.2 Å². The van der Waals surface area contributed by atoms with Gasteiger partial charge in [-0.3, -0.25) is 4.79 Å². The summed E-state index contributed by atoms with van der Waals surface area (Å²) in [5.74, 6) is 0.00825. The Morgan fingerprint density at radius 3 is 2.96 bits per heavy atom. The Hall–Kier alpha value is -1.76. The second-order valence-electron chi connectivity index (χ2n) is 6.55. The lowest BCUT2D eigenvalue weighted by molar-refractivity contribution is -0.149. The third kappa shape index (κ3) is 2.97. The van der Waals surface area contributed by atoms with Crippen molar-refractivity contribution in [2.24, 2.45) is 11.3 Å². The van der Waals surface area contributed by atoms with Crippen molar-refractivity contribution in [3.05, 3.63) is 28.2 Å². The van der Waals surface area contributed by atoms with Gasteiger partial charge in [0.05, 0.1) is 12.5 Å². The van der Waals surface area contributed by atoms with Gasteiger partial charge in [0.1, 0.15) is 5.75 Å². The highest BCUT2D eigenvalue weighted by atomic mass is 79.9. The Morgan fingerprint density at radius 1 is 1.50 bits per heavy atom. The number of benzene rings is 1. The van der Waals surface area contributed by atoms with Crippen molar-refractivity contribution in [3.8, 4) is 5.75 Å². The molecule has 0 bridgehead atoms. The van der Waals surface area contributed by atoms with Gasteiger partial charge < -0.3 is 20.1 Å². The van der Waals surface area contributed by atoms with Crippen molar-refractivity contribution in [2.45, 2.75) is 25.8 Å². The van der Waals surface area contributed by atoms with Crippen LogP contribution in [-0.4, -0.2) is 42.2 Å². The summed E-state index contributed by atoms with van der Waals surface area (Å²) in [5.41, 5.74) is 0.123. The number of carbonyl (C=O) groups excluding carboxylic acids is 1. The molecule has 1 aliphatic carbocycles. The van der Waals surface area contributed by atoms with Crippen molar-refractivity contribution in [1.82, 2.24) is 10.2 Å². The Morgan fingerprint density at radius 2 is 2.29 bits per heavy atom. The van der Waals surface area contributed by atoms with E-state index in [0.29, 0.717) is 31.8 Å². The molecule has 2 aliphatic rings. The van der Waals surface area contributed by atoms with Crippen LogP contribution in [0.25, 0.3) is 0 Å². The van der Waals surface area contributed by atoms with E-state index in [1.807, 2.05) is 18.2 Å². The number of aliphatic carboxylic acids is 1. The Bertz CT molecular complexity index is 666. The minimum atomic E-state index is -0.769. The number of carboxylic acid groups (broad SMARTS) is 1. The Kier molecular flexibility index (Phi) is 4.71. The van der Waals surface area contributed by atoms with E-state index >= 15 is 0 Å². The van der Waals surface area contributed by atoms with Crippen LogP contribution in [0, 0.1) is 11.3 Å². The van der Waals surface area contributed by atoms with Crippen LogP contribution in [0.5, 0.6) is 5.75 Å². The lowest BCUT2D eigenvalue weighted by atomic mass is 9.81.